The molecule has 1 aliphatic carbocycles. The van der Waals surface area contributed by atoms with Gasteiger partial charge in [-0.3, -0.25) is 0 Å². The molecule has 94 valence electrons. The number of phenols is 2. The van der Waals surface area contributed by atoms with E-state index in [-0.39, 0.29) is 16.9 Å². The summed E-state index contributed by atoms with van der Waals surface area (Å²) in [4.78, 5) is 0. The maximum atomic E-state index is 9.58. The molecule has 0 aromatic heterocycles. The Hall–Kier alpha value is -0.700. The molecule has 0 aliphatic heterocycles. The second kappa shape index (κ2) is 5.30. The molecule has 1 aromatic carbocycles. The Kier molecular flexibility index (Phi) is 3.97. The van der Waals surface area contributed by atoms with Gasteiger partial charge in [0.25, 0.3) is 0 Å². The van der Waals surface area contributed by atoms with Gasteiger partial charge in [-0.1, -0.05) is 28.8 Å². The molecule has 0 spiro atoms. The molecule has 0 bridgehead atoms. The second-order valence-electron chi connectivity index (χ2n) is 5.02. The normalized spacial score (nSPS) is 17.7. The quantitative estimate of drug-likeness (QED) is 0.635. The average Bonchev–Trinajstić information content (AvgIpc) is 2.20. The molecule has 0 saturated heterocycles. The SMILES string of the molecule is Oc1cc(O)cc(C2(CCCCBr)CCC2)c1. The van der Waals surface area contributed by atoms with E-state index in [4.69, 9.17) is 0 Å². The van der Waals surface area contributed by atoms with Crippen LogP contribution in [0.1, 0.15) is 44.1 Å². The van der Waals surface area contributed by atoms with Crippen molar-refractivity contribution in [2.24, 2.45) is 0 Å². The first-order valence-corrected chi connectivity index (χ1v) is 7.38. The van der Waals surface area contributed by atoms with Gasteiger partial charge in [0.05, 0.1) is 0 Å². The van der Waals surface area contributed by atoms with E-state index in [1.165, 1.54) is 38.2 Å². The van der Waals surface area contributed by atoms with Gasteiger partial charge in [0.15, 0.2) is 0 Å². The van der Waals surface area contributed by atoms with Crippen LogP contribution in [0.25, 0.3) is 0 Å². The summed E-state index contributed by atoms with van der Waals surface area (Å²) >= 11 is 3.46. The van der Waals surface area contributed by atoms with Crippen molar-refractivity contribution in [2.45, 2.75) is 43.9 Å². The third kappa shape index (κ3) is 2.76. The number of phenolic OH excluding ortho intramolecular Hbond substituents is 2. The largest absolute Gasteiger partial charge is 0.508 e. The highest BCUT2D eigenvalue weighted by Gasteiger charge is 2.38. The van der Waals surface area contributed by atoms with E-state index in [9.17, 15) is 10.2 Å². The Bertz CT molecular complexity index is 366. The van der Waals surface area contributed by atoms with E-state index >= 15 is 0 Å². The first-order chi connectivity index (χ1) is 8.16. The fourth-order valence-electron chi connectivity index (χ4n) is 2.75. The van der Waals surface area contributed by atoms with Gasteiger partial charge in [0.1, 0.15) is 11.5 Å². The van der Waals surface area contributed by atoms with Gasteiger partial charge in [-0.05, 0) is 48.8 Å². The third-order valence-corrected chi connectivity index (χ3v) is 4.43. The van der Waals surface area contributed by atoms with Crippen molar-refractivity contribution in [3.63, 3.8) is 0 Å². The van der Waals surface area contributed by atoms with Crippen molar-refractivity contribution in [3.05, 3.63) is 23.8 Å². The fraction of sp³-hybridized carbons (Fsp3) is 0.571. The molecule has 0 unspecified atom stereocenters. The van der Waals surface area contributed by atoms with Crippen LogP contribution in [-0.2, 0) is 5.41 Å². The Morgan fingerprint density at radius 3 is 2.18 bits per heavy atom. The summed E-state index contributed by atoms with van der Waals surface area (Å²) in [5, 5.41) is 20.2. The predicted molar refractivity (Wildman–Crippen MR) is 72.9 cm³/mol. The molecule has 3 heteroatoms. The summed E-state index contributed by atoms with van der Waals surface area (Å²) < 4.78 is 0. The summed E-state index contributed by atoms with van der Waals surface area (Å²) in [6, 6.07) is 5.02. The Morgan fingerprint density at radius 1 is 1.06 bits per heavy atom. The lowest BCUT2D eigenvalue weighted by atomic mass is 9.62. The lowest BCUT2D eigenvalue weighted by Gasteiger charge is -2.43. The van der Waals surface area contributed by atoms with Crippen molar-refractivity contribution in [1.29, 1.82) is 0 Å². The maximum Gasteiger partial charge on any atom is 0.119 e. The molecule has 1 aromatic rings. The Morgan fingerprint density at radius 2 is 1.71 bits per heavy atom. The monoisotopic (exact) mass is 298 g/mol. The molecule has 1 saturated carbocycles. The lowest BCUT2D eigenvalue weighted by Crippen LogP contribution is -2.34. The molecule has 0 amide bonds. The number of hydrogen-bond acceptors (Lipinski definition) is 2. The minimum absolute atomic E-state index is 0.173. The summed E-state index contributed by atoms with van der Waals surface area (Å²) in [6.45, 7) is 0. The zero-order valence-electron chi connectivity index (χ0n) is 9.95. The van der Waals surface area contributed by atoms with Crippen molar-refractivity contribution in [3.8, 4) is 11.5 Å². The second-order valence-corrected chi connectivity index (χ2v) is 5.81. The van der Waals surface area contributed by atoms with Crippen LogP contribution in [0.15, 0.2) is 18.2 Å². The number of benzene rings is 1. The summed E-state index contributed by atoms with van der Waals surface area (Å²) in [5.74, 6) is 0.346. The predicted octanol–water partition coefficient (Wildman–Crippen LogP) is 4.08. The van der Waals surface area contributed by atoms with Crippen LogP contribution in [-0.4, -0.2) is 15.5 Å². The molecule has 0 atom stereocenters. The molecule has 1 aliphatic rings. The molecule has 2 rings (SSSR count). The molecule has 2 nitrogen and oxygen atoms in total. The van der Waals surface area contributed by atoms with E-state index in [2.05, 4.69) is 15.9 Å². The van der Waals surface area contributed by atoms with E-state index in [0.717, 1.165) is 17.3 Å². The summed E-state index contributed by atoms with van der Waals surface area (Å²) in [7, 11) is 0. The zero-order valence-corrected chi connectivity index (χ0v) is 11.5. The van der Waals surface area contributed by atoms with E-state index < -0.39 is 0 Å². The van der Waals surface area contributed by atoms with E-state index in [1.807, 2.05) is 12.1 Å². The number of unbranched alkanes of at least 4 members (excludes halogenated alkanes) is 1. The van der Waals surface area contributed by atoms with Gasteiger partial charge in [0.2, 0.25) is 0 Å². The number of alkyl halides is 1. The number of rotatable bonds is 5. The molecule has 2 N–H and O–H groups in total. The van der Waals surface area contributed by atoms with Gasteiger partial charge in [-0.15, -0.1) is 0 Å². The van der Waals surface area contributed by atoms with Crippen molar-refractivity contribution in [2.75, 3.05) is 5.33 Å². The highest BCUT2D eigenvalue weighted by molar-refractivity contribution is 9.09. The van der Waals surface area contributed by atoms with Crippen LogP contribution in [0.2, 0.25) is 0 Å². The van der Waals surface area contributed by atoms with Crippen LogP contribution in [0.4, 0.5) is 0 Å². The standard InChI is InChI=1S/C14H19BrO2/c15-7-2-1-4-14(5-3-6-14)11-8-12(16)10-13(17)9-11/h8-10,16-17H,1-7H2. The van der Waals surface area contributed by atoms with Crippen molar-refractivity contribution in [1.82, 2.24) is 0 Å². The van der Waals surface area contributed by atoms with E-state index in [1.54, 1.807) is 0 Å². The Balaban J connectivity index is 2.16. The minimum atomic E-state index is 0.173. The maximum absolute atomic E-state index is 9.58. The van der Waals surface area contributed by atoms with Crippen LogP contribution < -0.4 is 0 Å². The average molecular weight is 299 g/mol. The summed E-state index contributed by atoms with van der Waals surface area (Å²) in [5.41, 5.74) is 1.31. The van der Waals surface area contributed by atoms with Crippen LogP contribution in [0, 0.1) is 0 Å². The first-order valence-electron chi connectivity index (χ1n) is 6.26. The molecule has 1 fully saturated rings. The number of halogens is 1. The molecular formula is C14H19BrO2. The van der Waals surface area contributed by atoms with Gasteiger partial charge in [-0.2, -0.15) is 0 Å². The van der Waals surface area contributed by atoms with Gasteiger partial charge in [-0.25, -0.2) is 0 Å². The molecule has 0 radical (unpaired) electrons. The lowest BCUT2D eigenvalue weighted by molar-refractivity contribution is 0.219. The Labute approximate surface area is 111 Å². The number of hydrogen-bond donors (Lipinski definition) is 2. The molecule has 0 heterocycles. The van der Waals surface area contributed by atoms with Gasteiger partial charge >= 0.3 is 0 Å². The molecule has 17 heavy (non-hydrogen) atoms. The first kappa shape index (κ1) is 12.7. The van der Waals surface area contributed by atoms with Crippen molar-refractivity contribution >= 4 is 15.9 Å². The highest BCUT2D eigenvalue weighted by atomic mass is 79.9. The zero-order chi connectivity index (χ0) is 12.3. The van der Waals surface area contributed by atoms with Gasteiger partial charge in [0, 0.05) is 11.4 Å². The van der Waals surface area contributed by atoms with Crippen LogP contribution in [0.3, 0.4) is 0 Å². The van der Waals surface area contributed by atoms with Crippen LogP contribution >= 0.6 is 15.9 Å². The van der Waals surface area contributed by atoms with Gasteiger partial charge < -0.3 is 10.2 Å². The topological polar surface area (TPSA) is 40.5 Å². The fourth-order valence-corrected chi connectivity index (χ4v) is 3.14. The van der Waals surface area contributed by atoms with E-state index in [0.29, 0.717) is 0 Å². The minimum Gasteiger partial charge on any atom is -0.508 e. The van der Waals surface area contributed by atoms with Crippen LogP contribution in [0.5, 0.6) is 11.5 Å². The smallest absolute Gasteiger partial charge is 0.119 e. The molecular weight excluding hydrogens is 280 g/mol. The highest BCUT2D eigenvalue weighted by Crippen LogP contribution is 2.48. The third-order valence-electron chi connectivity index (χ3n) is 3.86. The number of aromatic hydroxyl groups is 2. The van der Waals surface area contributed by atoms with Crippen molar-refractivity contribution < 1.29 is 10.2 Å². The summed E-state index contributed by atoms with van der Waals surface area (Å²) in [6.07, 6.45) is 7.15.